The predicted octanol–water partition coefficient (Wildman–Crippen LogP) is 4.19. The zero-order chi connectivity index (χ0) is 18.1. The highest BCUT2D eigenvalue weighted by molar-refractivity contribution is 6.04. The summed E-state index contributed by atoms with van der Waals surface area (Å²) < 4.78 is 1.85. The minimum absolute atomic E-state index is 0.135. The van der Waals surface area contributed by atoms with Crippen molar-refractivity contribution in [2.75, 3.05) is 23.3 Å². The Bertz CT molecular complexity index is 937. The molecule has 26 heavy (non-hydrogen) atoms. The molecule has 1 aromatic carbocycles. The number of benzene rings is 1. The van der Waals surface area contributed by atoms with E-state index in [9.17, 15) is 4.79 Å². The molecule has 1 aliphatic rings. The third-order valence-electron chi connectivity index (χ3n) is 5.02. The number of carbonyl (C=O) groups is 1. The minimum Gasteiger partial charge on any atom is -0.372 e. The average molecular weight is 348 g/mol. The first-order chi connectivity index (χ1) is 12.6. The molecule has 4 rings (SSSR count). The van der Waals surface area contributed by atoms with Crippen LogP contribution in [0.25, 0.3) is 5.65 Å². The molecule has 0 radical (unpaired) electrons. The Balaban J connectivity index is 1.54. The Morgan fingerprint density at radius 2 is 1.77 bits per heavy atom. The molecule has 0 bridgehead atoms. The maximum atomic E-state index is 12.8. The second kappa shape index (κ2) is 6.83. The second-order valence-corrected chi connectivity index (χ2v) is 7.03. The zero-order valence-corrected chi connectivity index (χ0v) is 15.3. The molecule has 5 heteroatoms. The molecule has 0 atom stereocenters. The van der Waals surface area contributed by atoms with Crippen molar-refractivity contribution in [3.63, 3.8) is 0 Å². The first-order valence-corrected chi connectivity index (χ1v) is 9.23. The molecule has 1 aliphatic heterocycles. The number of piperidine rings is 1. The number of hydrogen-bond acceptors (Lipinski definition) is 3. The highest BCUT2D eigenvalue weighted by Gasteiger charge is 2.17. The highest BCUT2D eigenvalue weighted by atomic mass is 16.2. The van der Waals surface area contributed by atoms with E-state index in [0.29, 0.717) is 5.69 Å². The van der Waals surface area contributed by atoms with Gasteiger partial charge in [-0.25, -0.2) is 4.98 Å². The molecule has 1 amide bonds. The molecule has 0 unspecified atom stereocenters. The summed E-state index contributed by atoms with van der Waals surface area (Å²) in [6.45, 7) is 6.13. The van der Waals surface area contributed by atoms with Crippen molar-refractivity contribution in [3.8, 4) is 0 Å². The fourth-order valence-corrected chi connectivity index (χ4v) is 3.64. The number of amides is 1. The lowest BCUT2D eigenvalue weighted by atomic mass is 10.1. The highest BCUT2D eigenvalue weighted by Crippen LogP contribution is 2.22. The Labute approximate surface area is 153 Å². The van der Waals surface area contributed by atoms with Gasteiger partial charge in [0.2, 0.25) is 0 Å². The van der Waals surface area contributed by atoms with E-state index in [4.69, 9.17) is 0 Å². The maximum absolute atomic E-state index is 12.8. The SMILES string of the molecule is Cc1ccn2c(C(=O)Nc3ccc(N4CCCCC4)cc3)c(C)nc2c1. The van der Waals surface area contributed by atoms with E-state index in [1.807, 2.05) is 48.7 Å². The number of aryl methyl sites for hydroxylation is 2. The molecule has 2 aromatic heterocycles. The summed E-state index contributed by atoms with van der Waals surface area (Å²) in [5, 5.41) is 3.00. The van der Waals surface area contributed by atoms with E-state index in [2.05, 4.69) is 27.3 Å². The summed E-state index contributed by atoms with van der Waals surface area (Å²) in [6, 6.07) is 12.1. The number of pyridine rings is 1. The fourth-order valence-electron chi connectivity index (χ4n) is 3.64. The van der Waals surface area contributed by atoms with Crippen LogP contribution in [-0.4, -0.2) is 28.4 Å². The minimum atomic E-state index is -0.135. The number of nitrogens with one attached hydrogen (secondary N) is 1. The molecule has 134 valence electrons. The topological polar surface area (TPSA) is 49.6 Å². The van der Waals surface area contributed by atoms with E-state index >= 15 is 0 Å². The van der Waals surface area contributed by atoms with Crippen LogP contribution >= 0.6 is 0 Å². The van der Waals surface area contributed by atoms with Crippen molar-refractivity contribution in [2.45, 2.75) is 33.1 Å². The predicted molar refractivity (Wildman–Crippen MR) is 105 cm³/mol. The summed E-state index contributed by atoms with van der Waals surface area (Å²) in [4.78, 5) is 19.7. The van der Waals surface area contributed by atoms with Gasteiger partial charge in [-0.05, 0) is 75.1 Å². The zero-order valence-electron chi connectivity index (χ0n) is 15.3. The molecule has 3 heterocycles. The van der Waals surface area contributed by atoms with E-state index in [1.54, 1.807) is 0 Å². The molecule has 0 aliphatic carbocycles. The Morgan fingerprint density at radius 3 is 2.50 bits per heavy atom. The van der Waals surface area contributed by atoms with Crippen LogP contribution in [0.2, 0.25) is 0 Å². The second-order valence-electron chi connectivity index (χ2n) is 7.03. The maximum Gasteiger partial charge on any atom is 0.274 e. The summed E-state index contributed by atoms with van der Waals surface area (Å²) >= 11 is 0. The van der Waals surface area contributed by atoms with E-state index in [0.717, 1.165) is 35.7 Å². The summed E-state index contributed by atoms with van der Waals surface area (Å²) in [6.07, 6.45) is 5.74. The summed E-state index contributed by atoms with van der Waals surface area (Å²) in [7, 11) is 0. The molecule has 1 fully saturated rings. The van der Waals surface area contributed by atoms with Crippen molar-refractivity contribution in [2.24, 2.45) is 0 Å². The van der Waals surface area contributed by atoms with Crippen LogP contribution in [0, 0.1) is 13.8 Å². The molecule has 0 saturated carbocycles. The van der Waals surface area contributed by atoms with Crippen molar-refractivity contribution >= 4 is 22.9 Å². The molecule has 1 N–H and O–H groups in total. The van der Waals surface area contributed by atoms with Gasteiger partial charge in [-0.3, -0.25) is 9.20 Å². The van der Waals surface area contributed by atoms with Crippen molar-refractivity contribution in [3.05, 3.63) is 59.5 Å². The molecular formula is C21H24N4O. The fraction of sp³-hybridized carbons (Fsp3) is 0.333. The molecular weight excluding hydrogens is 324 g/mol. The third-order valence-corrected chi connectivity index (χ3v) is 5.02. The van der Waals surface area contributed by atoms with Gasteiger partial charge in [-0.1, -0.05) is 0 Å². The molecule has 0 spiro atoms. The number of nitrogens with zero attached hydrogens (tertiary/aromatic N) is 3. The first kappa shape index (κ1) is 16.6. The molecule has 5 nitrogen and oxygen atoms in total. The Morgan fingerprint density at radius 1 is 1.04 bits per heavy atom. The summed E-state index contributed by atoms with van der Waals surface area (Å²) in [5.74, 6) is -0.135. The number of imidazole rings is 1. The van der Waals surface area contributed by atoms with Crippen molar-refractivity contribution in [1.29, 1.82) is 0 Å². The van der Waals surface area contributed by atoms with Gasteiger partial charge in [-0.15, -0.1) is 0 Å². The van der Waals surface area contributed by atoms with Crippen molar-refractivity contribution < 1.29 is 4.79 Å². The smallest absolute Gasteiger partial charge is 0.274 e. The van der Waals surface area contributed by atoms with Gasteiger partial charge in [0.25, 0.3) is 5.91 Å². The molecule has 3 aromatic rings. The van der Waals surface area contributed by atoms with Gasteiger partial charge in [0.1, 0.15) is 11.3 Å². The Kier molecular flexibility index (Phi) is 4.37. The van der Waals surface area contributed by atoms with Crippen LogP contribution < -0.4 is 10.2 Å². The van der Waals surface area contributed by atoms with Crippen LogP contribution in [0.1, 0.15) is 41.0 Å². The lowest BCUT2D eigenvalue weighted by Crippen LogP contribution is -2.29. The van der Waals surface area contributed by atoms with E-state index < -0.39 is 0 Å². The molecule has 1 saturated heterocycles. The monoisotopic (exact) mass is 348 g/mol. The quantitative estimate of drug-likeness (QED) is 0.772. The first-order valence-electron chi connectivity index (χ1n) is 9.23. The van der Waals surface area contributed by atoms with Gasteiger partial charge >= 0.3 is 0 Å². The number of rotatable bonds is 3. The van der Waals surface area contributed by atoms with Gasteiger partial charge in [0.15, 0.2) is 0 Å². The lowest BCUT2D eigenvalue weighted by Gasteiger charge is -2.28. The average Bonchev–Trinajstić information content (AvgIpc) is 2.98. The van der Waals surface area contributed by atoms with Gasteiger partial charge in [0.05, 0.1) is 5.69 Å². The lowest BCUT2D eigenvalue weighted by molar-refractivity contribution is 0.102. The number of hydrogen-bond donors (Lipinski definition) is 1. The van der Waals surface area contributed by atoms with E-state index in [-0.39, 0.29) is 5.91 Å². The van der Waals surface area contributed by atoms with Crippen LogP contribution in [-0.2, 0) is 0 Å². The summed E-state index contributed by atoms with van der Waals surface area (Å²) in [5.41, 5.74) is 5.27. The number of aromatic nitrogens is 2. The number of fused-ring (bicyclic) bond motifs is 1. The van der Waals surface area contributed by atoms with Gasteiger partial charge < -0.3 is 10.2 Å². The third kappa shape index (κ3) is 3.17. The van der Waals surface area contributed by atoms with Crippen molar-refractivity contribution in [1.82, 2.24) is 9.38 Å². The number of carbonyl (C=O) groups excluding carboxylic acids is 1. The van der Waals surface area contributed by atoms with E-state index in [1.165, 1.54) is 24.9 Å². The van der Waals surface area contributed by atoms with Crippen LogP contribution in [0.5, 0.6) is 0 Å². The van der Waals surface area contributed by atoms with Crippen LogP contribution in [0.3, 0.4) is 0 Å². The Hall–Kier alpha value is -2.82. The normalized spacial score (nSPS) is 14.6. The standard InChI is InChI=1S/C21H24N4O/c1-15-10-13-25-19(14-15)22-16(2)20(25)21(26)23-17-6-8-18(9-7-17)24-11-4-3-5-12-24/h6-10,13-14H,3-5,11-12H2,1-2H3,(H,23,26). The largest absolute Gasteiger partial charge is 0.372 e. The van der Waals surface area contributed by atoms with Gasteiger partial charge in [0, 0.05) is 30.7 Å². The number of anilines is 2. The van der Waals surface area contributed by atoms with Crippen LogP contribution in [0.4, 0.5) is 11.4 Å². The van der Waals surface area contributed by atoms with Gasteiger partial charge in [-0.2, -0.15) is 0 Å². The van der Waals surface area contributed by atoms with Crippen LogP contribution in [0.15, 0.2) is 42.6 Å².